The fourth-order valence-electron chi connectivity index (χ4n) is 1.81. The van der Waals surface area contributed by atoms with E-state index in [9.17, 15) is 9.90 Å². The van der Waals surface area contributed by atoms with Crippen LogP contribution in [0.5, 0.6) is 5.75 Å². The molecule has 0 spiro atoms. The fraction of sp³-hybridized carbons (Fsp3) is 0.143. The standard InChI is InChI=1S/C14H15N3O2/c1-17(9-10-3-2-4-11(15)7-10)14(19)12-5-6-16-8-13(12)18/h2-8,18H,9,15H2,1H3. The van der Waals surface area contributed by atoms with Crippen LogP contribution >= 0.6 is 0 Å². The number of amides is 1. The van der Waals surface area contributed by atoms with Crippen LogP contribution in [0.2, 0.25) is 0 Å². The van der Waals surface area contributed by atoms with Crippen molar-refractivity contribution in [3.8, 4) is 5.75 Å². The molecule has 1 aromatic heterocycles. The Hall–Kier alpha value is -2.56. The van der Waals surface area contributed by atoms with Crippen molar-refractivity contribution in [1.82, 2.24) is 9.88 Å². The molecule has 1 heterocycles. The molecule has 3 N–H and O–H groups in total. The molecule has 0 aliphatic heterocycles. The Labute approximate surface area is 111 Å². The van der Waals surface area contributed by atoms with E-state index in [2.05, 4.69) is 4.98 Å². The number of hydrogen-bond donors (Lipinski definition) is 2. The van der Waals surface area contributed by atoms with Crippen molar-refractivity contribution >= 4 is 11.6 Å². The third-order valence-corrected chi connectivity index (χ3v) is 2.75. The summed E-state index contributed by atoms with van der Waals surface area (Å²) in [5, 5.41) is 9.61. The highest BCUT2D eigenvalue weighted by Crippen LogP contribution is 2.17. The number of pyridine rings is 1. The SMILES string of the molecule is CN(Cc1cccc(N)c1)C(=O)c1ccncc1O. The molecule has 2 rings (SSSR count). The van der Waals surface area contributed by atoms with Gasteiger partial charge in [0.25, 0.3) is 5.91 Å². The highest BCUT2D eigenvalue weighted by atomic mass is 16.3. The van der Waals surface area contributed by atoms with Gasteiger partial charge in [0, 0.05) is 25.5 Å². The van der Waals surface area contributed by atoms with Crippen molar-refractivity contribution in [2.75, 3.05) is 12.8 Å². The third-order valence-electron chi connectivity index (χ3n) is 2.75. The van der Waals surface area contributed by atoms with Gasteiger partial charge in [0.2, 0.25) is 0 Å². The number of rotatable bonds is 3. The van der Waals surface area contributed by atoms with Crippen LogP contribution in [0.25, 0.3) is 0 Å². The van der Waals surface area contributed by atoms with Gasteiger partial charge < -0.3 is 15.7 Å². The molecule has 0 saturated carbocycles. The van der Waals surface area contributed by atoms with E-state index in [-0.39, 0.29) is 17.2 Å². The third kappa shape index (κ3) is 3.01. The average Bonchev–Trinajstić information content (AvgIpc) is 2.38. The van der Waals surface area contributed by atoms with Crippen molar-refractivity contribution in [3.05, 3.63) is 53.9 Å². The van der Waals surface area contributed by atoms with E-state index >= 15 is 0 Å². The van der Waals surface area contributed by atoms with Gasteiger partial charge in [-0.3, -0.25) is 9.78 Å². The smallest absolute Gasteiger partial charge is 0.257 e. The highest BCUT2D eigenvalue weighted by Gasteiger charge is 2.15. The van der Waals surface area contributed by atoms with Gasteiger partial charge in [0.1, 0.15) is 5.75 Å². The number of carbonyl (C=O) groups excluding carboxylic acids is 1. The van der Waals surface area contributed by atoms with Crippen molar-refractivity contribution in [2.45, 2.75) is 6.54 Å². The van der Waals surface area contributed by atoms with Gasteiger partial charge in [0.05, 0.1) is 11.8 Å². The second-order valence-corrected chi connectivity index (χ2v) is 4.30. The van der Waals surface area contributed by atoms with Crippen molar-refractivity contribution in [1.29, 1.82) is 0 Å². The summed E-state index contributed by atoms with van der Waals surface area (Å²) >= 11 is 0. The van der Waals surface area contributed by atoms with E-state index in [4.69, 9.17) is 5.73 Å². The number of carbonyl (C=O) groups is 1. The van der Waals surface area contributed by atoms with Crippen molar-refractivity contribution in [3.63, 3.8) is 0 Å². The first-order valence-electron chi connectivity index (χ1n) is 5.81. The maximum atomic E-state index is 12.2. The molecular weight excluding hydrogens is 242 g/mol. The summed E-state index contributed by atoms with van der Waals surface area (Å²) in [5.41, 5.74) is 7.52. The van der Waals surface area contributed by atoms with E-state index in [1.807, 2.05) is 18.2 Å². The van der Waals surface area contributed by atoms with Crippen LogP contribution < -0.4 is 5.73 Å². The van der Waals surface area contributed by atoms with E-state index in [0.717, 1.165) is 5.56 Å². The van der Waals surface area contributed by atoms with Crippen LogP contribution in [-0.2, 0) is 6.54 Å². The number of hydrogen-bond acceptors (Lipinski definition) is 4. The molecule has 19 heavy (non-hydrogen) atoms. The second kappa shape index (κ2) is 5.39. The Morgan fingerprint density at radius 2 is 2.21 bits per heavy atom. The number of nitrogens with zero attached hydrogens (tertiary/aromatic N) is 2. The quantitative estimate of drug-likeness (QED) is 0.819. The second-order valence-electron chi connectivity index (χ2n) is 4.30. The minimum absolute atomic E-state index is 0.119. The minimum Gasteiger partial charge on any atom is -0.505 e. The number of aromatic nitrogens is 1. The molecule has 2 aromatic rings. The van der Waals surface area contributed by atoms with Crippen LogP contribution in [0.15, 0.2) is 42.7 Å². The maximum Gasteiger partial charge on any atom is 0.257 e. The van der Waals surface area contributed by atoms with E-state index in [1.165, 1.54) is 23.4 Å². The van der Waals surface area contributed by atoms with Crippen LogP contribution in [0.1, 0.15) is 15.9 Å². The topological polar surface area (TPSA) is 79.5 Å². The molecule has 0 aliphatic carbocycles. The van der Waals surface area contributed by atoms with Crippen molar-refractivity contribution in [2.24, 2.45) is 0 Å². The lowest BCUT2D eigenvalue weighted by molar-refractivity contribution is 0.0782. The molecule has 0 fully saturated rings. The summed E-state index contributed by atoms with van der Waals surface area (Å²) in [6.45, 7) is 0.422. The fourth-order valence-corrected chi connectivity index (χ4v) is 1.81. The average molecular weight is 257 g/mol. The molecule has 0 atom stereocenters. The molecule has 1 aromatic carbocycles. The Bertz CT molecular complexity index is 599. The first-order chi connectivity index (χ1) is 9.08. The van der Waals surface area contributed by atoms with Crippen LogP contribution in [0, 0.1) is 0 Å². The number of anilines is 1. The molecule has 5 nitrogen and oxygen atoms in total. The molecule has 0 unspecified atom stereocenters. The summed E-state index contributed by atoms with van der Waals surface area (Å²) < 4.78 is 0. The van der Waals surface area contributed by atoms with Crippen LogP contribution in [0.3, 0.4) is 0 Å². The molecule has 0 radical (unpaired) electrons. The van der Waals surface area contributed by atoms with Gasteiger partial charge in [-0.25, -0.2) is 0 Å². The lowest BCUT2D eigenvalue weighted by Crippen LogP contribution is -2.26. The minimum atomic E-state index is -0.262. The van der Waals surface area contributed by atoms with Crippen molar-refractivity contribution < 1.29 is 9.90 Å². The Kier molecular flexibility index (Phi) is 3.66. The van der Waals surface area contributed by atoms with E-state index in [0.29, 0.717) is 12.2 Å². The largest absolute Gasteiger partial charge is 0.505 e. The molecule has 5 heteroatoms. The van der Waals surface area contributed by atoms with E-state index < -0.39 is 0 Å². The summed E-state index contributed by atoms with van der Waals surface area (Å²) in [4.78, 5) is 17.4. The van der Waals surface area contributed by atoms with E-state index in [1.54, 1.807) is 13.1 Å². The van der Waals surface area contributed by atoms with Gasteiger partial charge in [-0.15, -0.1) is 0 Å². The van der Waals surface area contributed by atoms with Gasteiger partial charge in [0.15, 0.2) is 0 Å². The van der Waals surface area contributed by atoms with Gasteiger partial charge >= 0.3 is 0 Å². The summed E-state index contributed by atoms with van der Waals surface area (Å²) in [6.07, 6.45) is 2.73. The lowest BCUT2D eigenvalue weighted by atomic mass is 10.1. The molecule has 0 aliphatic rings. The normalized spacial score (nSPS) is 10.2. The Morgan fingerprint density at radius 1 is 1.42 bits per heavy atom. The Morgan fingerprint density at radius 3 is 2.89 bits per heavy atom. The van der Waals surface area contributed by atoms with Crippen LogP contribution in [0.4, 0.5) is 5.69 Å². The monoisotopic (exact) mass is 257 g/mol. The number of nitrogens with two attached hydrogens (primary N) is 1. The zero-order chi connectivity index (χ0) is 13.8. The molecule has 0 saturated heterocycles. The molecule has 98 valence electrons. The maximum absolute atomic E-state index is 12.2. The summed E-state index contributed by atoms with van der Waals surface area (Å²) in [6, 6.07) is 8.84. The molecule has 0 bridgehead atoms. The van der Waals surface area contributed by atoms with Gasteiger partial charge in [-0.2, -0.15) is 0 Å². The zero-order valence-electron chi connectivity index (χ0n) is 10.6. The number of aromatic hydroxyl groups is 1. The highest BCUT2D eigenvalue weighted by molar-refractivity contribution is 5.96. The number of nitrogen functional groups attached to an aromatic ring is 1. The van der Waals surface area contributed by atoms with Gasteiger partial charge in [-0.1, -0.05) is 12.1 Å². The summed E-state index contributed by atoms with van der Waals surface area (Å²) in [7, 11) is 1.67. The first kappa shape index (κ1) is 12.9. The predicted molar refractivity (Wildman–Crippen MR) is 72.6 cm³/mol. The predicted octanol–water partition coefficient (Wildman–Crippen LogP) is 1.64. The lowest BCUT2D eigenvalue weighted by Gasteiger charge is -2.18. The zero-order valence-corrected chi connectivity index (χ0v) is 10.6. The number of benzene rings is 1. The Balaban J connectivity index is 2.14. The molecular formula is C14H15N3O2. The van der Waals surface area contributed by atoms with Crippen LogP contribution in [-0.4, -0.2) is 27.9 Å². The molecule has 1 amide bonds. The van der Waals surface area contributed by atoms with Gasteiger partial charge in [-0.05, 0) is 23.8 Å². The first-order valence-corrected chi connectivity index (χ1v) is 5.81. The summed E-state index contributed by atoms with van der Waals surface area (Å²) in [5.74, 6) is -0.380.